The van der Waals surface area contributed by atoms with E-state index in [2.05, 4.69) is 5.32 Å². The van der Waals surface area contributed by atoms with Gasteiger partial charge in [-0.3, -0.25) is 4.79 Å². The summed E-state index contributed by atoms with van der Waals surface area (Å²) in [6.45, 7) is 8.28. The number of hydrogen-bond acceptors (Lipinski definition) is 3. The van der Waals surface area contributed by atoms with Crippen LogP contribution >= 0.6 is 0 Å². The zero-order chi connectivity index (χ0) is 11.0. The van der Waals surface area contributed by atoms with E-state index in [-0.39, 0.29) is 11.4 Å². The van der Waals surface area contributed by atoms with Crippen LogP contribution in [-0.2, 0) is 9.53 Å². The van der Waals surface area contributed by atoms with Crippen molar-refractivity contribution in [1.82, 2.24) is 5.32 Å². The molecule has 0 heterocycles. The van der Waals surface area contributed by atoms with E-state index in [1.807, 2.05) is 20.8 Å². The van der Waals surface area contributed by atoms with Crippen molar-refractivity contribution in [2.24, 2.45) is 5.73 Å². The molecule has 0 aromatic rings. The second-order valence-electron chi connectivity index (χ2n) is 4.00. The summed E-state index contributed by atoms with van der Waals surface area (Å²) in [5, 5.41) is 3.27. The monoisotopic (exact) mass is 202 g/mol. The molecule has 0 unspecified atom stereocenters. The lowest BCUT2D eigenvalue weighted by Gasteiger charge is -2.24. The molecule has 0 spiro atoms. The molecule has 0 saturated carbocycles. The van der Waals surface area contributed by atoms with Gasteiger partial charge in [-0.15, -0.1) is 0 Å². The van der Waals surface area contributed by atoms with Gasteiger partial charge >= 0.3 is 0 Å². The molecule has 3 N–H and O–H groups in total. The van der Waals surface area contributed by atoms with E-state index in [9.17, 15) is 4.79 Å². The molecule has 0 radical (unpaired) electrons. The Morgan fingerprint density at radius 2 is 2.14 bits per heavy atom. The summed E-state index contributed by atoms with van der Waals surface area (Å²) < 4.78 is 5.20. The molecular weight excluding hydrogens is 180 g/mol. The van der Waals surface area contributed by atoms with Crippen molar-refractivity contribution in [3.63, 3.8) is 0 Å². The minimum absolute atomic E-state index is 0.210. The van der Waals surface area contributed by atoms with Crippen molar-refractivity contribution in [2.75, 3.05) is 19.8 Å². The highest BCUT2D eigenvalue weighted by Crippen LogP contribution is 2.06. The molecule has 0 aromatic carbocycles. The SMILES string of the molecule is CCOCCCNC(C)(C)CC(N)=O. The maximum Gasteiger partial charge on any atom is 0.219 e. The molecule has 0 aromatic heterocycles. The quantitative estimate of drug-likeness (QED) is 0.568. The van der Waals surface area contributed by atoms with Crippen molar-refractivity contribution in [1.29, 1.82) is 0 Å². The molecule has 14 heavy (non-hydrogen) atoms. The summed E-state index contributed by atoms with van der Waals surface area (Å²) >= 11 is 0. The van der Waals surface area contributed by atoms with Gasteiger partial charge in [-0.25, -0.2) is 0 Å². The lowest BCUT2D eigenvalue weighted by atomic mass is 10.0. The van der Waals surface area contributed by atoms with Gasteiger partial charge in [0.15, 0.2) is 0 Å². The maximum atomic E-state index is 10.7. The predicted octanol–water partition coefficient (Wildman–Crippen LogP) is 0.657. The number of primary amides is 1. The molecule has 0 bridgehead atoms. The third kappa shape index (κ3) is 8.01. The number of carbonyl (C=O) groups is 1. The van der Waals surface area contributed by atoms with Crippen molar-refractivity contribution in [2.45, 2.75) is 39.2 Å². The van der Waals surface area contributed by atoms with Crippen LogP contribution in [0.2, 0.25) is 0 Å². The fraction of sp³-hybridized carbons (Fsp3) is 0.900. The van der Waals surface area contributed by atoms with Crippen LogP contribution in [0.15, 0.2) is 0 Å². The summed E-state index contributed by atoms with van der Waals surface area (Å²) in [6.07, 6.45) is 1.32. The molecule has 1 amide bonds. The first kappa shape index (κ1) is 13.4. The van der Waals surface area contributed by atoms with Crippen molar-refractivity contribution >= 4 is 5.91 Å². The average Bonchev–Trinajstić information content (AvgIpc) is 2.01. The highest BCUT2D eigenvalue weighted by molar-refractivity contribution is 5.74. The zero-order valence-electron chi connectivity index (χ0n) is 9.43. The smallest absolute Gasteiger partial charge is 0.219 e. The van der Waals surface area contributed by atoms with Crippen LogP contribution in [0.3, 0.4) is 0 Å². The molecule has 0 aliphatic rings. The highest BCUT2D eigenvalue weighted by atomic mass is 16.5. The van der Waals surface area contributed by atoms with Crippen LogP contribution in [0.5, 0.6) is 0 Å². The van der Waals surface area contributed by atoms with Crippen molar-refractivity contribution in [3.8, 4) is 0 Å². The molecular formula is C10H22N2O2. The largest absolute Gasteiger partial charge is 0.382 e. The van der Waals surface area contributed by atoms with Crippen molar-refractivity contribution < 1.29 is 9.53 Å². The highest BCUT2D eigenvalue weighted by Gasteiger charge is 2.18. The molecule has 0 rings (SSSR count). The fourth-order valence-corrected chi connectivity index (χ4v) is 1.24. The van der Waals surface area contributed by atoms with Gasteiger partial charge in [-0.2, -0.15) is 0 Å². The topological polar surface area (TPSA) is 64.3 Å². The molecule has 4 nitrogen and oxygen atoms in total. The Labute approximate surface area is 86.2 Å². The maximum absolute atomic E-state index is 10.7. The third-order valence-electron chi connectivity index (χ3n) is 1.89. The van der Waals surface area contributed by atoms with Crippen LogP contribution in [0.4, 0.5) is 0 Å². The van der Waals surface area contributed by atoms with Crippen molar-refractivity contribution in [3.05, 3.63) is 0 Å². The minimum Gasteiger partial charge on any atom is -0.382 e. The summed E-state index contributed by atoms with van der Waals surface area (Å²) in [5.41, 5.74) is 4.92. The Balaban J connectivity index is 3.50. The van der Waals surface area contributed by atoms with E-state index in [1.165, 1.54) is 0 Å². The number of nitrogens with two attached hydrogens (primary N) is 1. The molecule has 0 fully saturated rings. The number of ether oxygens (including phenoxy) is 1. The van der Waals surface area contributed by atoms with Gasteiger partial charge in [0.05, 0.1) is 0 Å². The van der Waals surface area contributed by atoms with E-state index in [0.717, 1.165) is 26.2 Å². The fourth-order valence-electron chi connectivity index (χ4n) is 1.24. The molecule has 4 heteroatoms. The van der Waals surface area contributed by atoms with Gasteiger partial charge in [-0.05, 0) is 33.7 Å². The number of amides is 1. The molecule has 0 aliphatic carbocycles. The Bertz CT molecular complexity index is 170. The Hall–Kier alpha value is -0.610. The number of nitrogens with one attached hydrogen (secondary N) is 1. The van der Waals surface area contributed by atoms with E-state index in [0.29, 0.717) is 6.42 Å². The summed E-state index contributed by atoms with van der Waals surface area (Å²) in [4.78, 5) is 10.7. The third-order valence-corrected chi connectivity index (χ3v) is 1.89. The Morgan fingerprint density at radius 1 is 1.50 bits per heavy atom. The van der Waals surface area contributed by atoms with Gasteiger partial charge < -0.3 is 15.8 Å². The number of hydrogen-bond donors (Lipinski definition) is 2. The summed E-state index contributed by atoms with van der Waals surface area (Å²) in [5.74, 6) is -0.271. The van der Waals surface area contributed by atoms with Gasteiger partial charge in [-0.1, -0.05) is 0 Å². The van der Waals surface area contributed by atoms with Crippen LogP contribution in [0.1, 0.15) is 33.6 Å². The summed E-state index contributed by atoms with van der Waals surface area (Å²) in [6, 6.07) is 0. The standard InChI is InChI=1S/C10H22N2O2/c1-4-14-7-5-6-12-10(2,3)8-9(11)13/h12H,4-8H2,1-3H3,(H2,11,13). The van der Waals surface area contributed by atoms with E-state index < -0.39 is 0 Å². The zero-order valence-corrected chi connectivity index (χ0v) is 9.43. The average molecular weight is 202 g/mol. The molecule has 0 saturated heterocycles. The van der Waals surface area contributed by atoms with Gasteiger partial charge in [0, 0.05) is 25.2 Å². The van der Waals surface area contributed by atoms with Gasteiger partial charge in [0.25, 0.3) is 0 Å². The Kier molecular flexibility index (Phi) is 6.49. The summed E-state index contributed by atoms with van der Waals surface area (Å²) in [7, 11) is 0. The van der Waals surface area contributed by atoms with Crippen LogP contribution in [-0.4, -0.2) is 31.2 Å². The van der Waals surface area contributed by atoms with E-state index in [1.54, 1.807) is 0 Å². The Morgan fingerprint density at radius 3 is 2.64 bits per heavy atom. The number of rotatable bonds is 8. The lowest BCUT2D eigenvalue weighted by molar-refractivity contribution is -0.119. The minimum atomic E-state index is -0.271. The molecule has 0 atom stereocenters. The first-order valence-electron chi connectivity index (χ1n) is 5.09. The second kappa shape index (κ2) is 6.79. The second-order valence-corrected chi connectivity index (χ2v) is 4.00. The van der Waals surface area contributed by atoms with E-state index in [4.69, 9.17) is 10.5 Å². The van der Waals surface area contributed by atoms with Crippen LogP contribution in [0, 0.1) is 0 Å². The van der Waals surface area contributed by atoms with Gasteiger partial charge in [0.2, 0.25) is 5.91 Å². The van der Waals surface area contributed by atoms with Crippen LogP contribution in [0.25, 0.3) is 0 Å². The lowest BCUT2D eigenvalue weighted by Crippen LogP contribution is -2.43. The number of carbonyl (C=O) groups excluding carboxylic acids is 1. The molecule has 84 valence electrons. The molecule has 0 aliphatic heterocycles. The predicted molar refractivity (Wildman–Crippen MR) is 57.0 cm³/mol. The van der Waals surface area contributed by atoms with E-state index >= 15 is 0 Å². The van der Waals surface area contributed by atoms with Gasteiger partial charge in [0.1, 0.15) is 0 Å². The normalized spacial score (nSPS) is 11.6. The first-order valence-corrected chi connectivity index (χ1v) is 5.09. The first-order chi connectivity index (χ1) is 6.48. The van der Waals surface area contributed by atoms with Crippen LogP contribution < -0.4 is 11.1 Å².